The largest absolute Gasteiger partial charge is 0.310 e. The summed E-state index contributed by atoms with van der Waals surface area (Å²) >= 11 is 0. The third-order valence-corrected chi connectivity index (χ3v) is 29.0. The normalized spacial score (nSPS) is 11.7. The molecule has 6 nitrogen and oxygen atoms in total. The minimum atomic E-state index is 1.06. The van der Waals surface area contributed by atoms with Crippen molar-refractivity contribution in [1.29, 1.82) is 0 Å². The highest BCUT2D eigenvalue weighted by Gasteiger charge is 2.29. The summed E-state index contributed by atoms with van der Waals surface area (Å²) in [7, 11) is 0. The maximum Gasteiger partial charge on any atom is 0.0562 e. The van der Waals surface area contributed by atoms with Crippen LogP contribution in [0.1, 0.15) is 0 Å². The maximum atomic E-state index is 2.48. The Labute approximate surface area is 822 Å². The molecular weight excluding hydrogens is 1720 g/mol. The summed E-state index contributed by atoms with van der Waals surface area (Å²) in [6.07, 6.45) is 0. The molecule has 664 valence electrons. The average molecular weight is 1810 g/mol. The van der Waals surface area contributed by atoms with Crippen molar-refractivity contribution in [3.8, 4) is 89.5 Å². The Bertz CT molecular complexity index is 9490. The molecule has 0 bridgehead atoms. The Morgan fingerprint density at radius 1 is 0.127 bits per heavy atom. The molecule has 28 aromatic rings. The number of para-hydroxylation sites is 8. The van der Waals surface area contributed by atoms with Crippen LogP contribution in [0.4, 0.5) is 34.1 Å². The average Bonchev–Trinajstić information content (AvgIpc) is 1.56. The van der Waals surface area contributed by atoms with E-state index in [1.165, 1.54) is 164 Å². The Balaban J connectivity index is 0.000000142. The van der Waals surface area contributed by atoms with E-state index in [-0.39, 0.29) is 0 Å². The van der Waals surface area contributed by atoms with E-state index in [0.717, 1.165) is 90.1 Å². The SMILES string of the molecule is c1ccc(-n2c3ccccc3c3cc(-c4cc5c6ccccc6n(-c6ccccc6)c5cc4N(c4ccc(-c5cccc6ccccc56)cc4)c4ccc(-c5cccc6ccccc56)cc4)ccc32)cc1.c1ccc(-n2c3ccccc3c3cc(-c4cccc5c4c4ccccc4n5-c4ccccc4)c(N(c4ccc(-c5cccc6ccccc56)cc4)c4ccc(-c5cccc6ccccc56)cc4)cc32)cc1. The number of fused-ring (bicyclic) bond motifs is 16. The number of anilines is 6. The quantitative estimate of drug-likeness (QED) is 0.0964. The van der Waals surface area contributed by atoms with Crippen molar-refractivity contribution in [2.24, 2.45) is 0 Å². The molecule has 24 aromatic carbocycles. The number of nitrogens with zero attached hydrogens (tertiary/aromatic N) is 6. The van der Waals surface area contributed by atoms with Crippen molar-refractivity contribution in [3.05, 3.63) is 546 Å². The van der Waals surface area contributed by atoms with Crippen molar-refractivity contribution in [2.45, 2.75) is 0 Å². The van der Waals surface area contributed by atoms with Crippen molar-refractivity contribution in [3.63, 3.8) is 0 Å². The molecule has 0 amide bonds. The molecule has 0 aliphatic rings. The summed E-state index contributed by atoms with van der Waals surface area (Å²) in [5.41, 5.74) is 34.5. The predicted octanol–water partition coefficient (Wildman–Crippen LogP) is 37.3. The van der Waals surface area contributed by atoms with Crippen LogP contribution < -0.4 is 9.80 Å². The number of hydrogen-bond donors (Lipinski definition) is 0. The fourth-order valence-electron chi connectivity index (χ4n) is 22.6. The number of rotatable bonds is 16. The van der Waals surface area contributed by atoms with E-state index >= 15 is 0 Å². The second kappa shape index (κ2) is 34.7. The van der Waals surface area contributed by atoms with Gasteiger partial charge in [0.05, 0.1) is 55.5 Å². The van der Waals surface area contributed by atoms with E-state index in [0.29, 0.717) is 0 Å². The van der Waals surface area contributed by atoms with Crippen LogP contribution in [0.5, 0.6) is 0 Å². The van der Waals surface area contributed by atoms with Crippen LogP contribution in [0.3, 0.4) is 0 Å². The highest BCUT2D eigenvalue weighted by molar-refractivity contribution is 6.21. The fourth-order valence-corrected chi connectivity index (χ4v) is 22.6. The van der Waals surface area contributed by atoms with Crippen LogP contribution in [0.15, 0.2) is 546 Å². The molecule has 0 atom stereocenters. The van der Waals surface area contributed by atoms with Crippen LogP contribution in [0.25, 0.3) is 220 Å². The highest BCUT2D eigenvalue weighted by Crippen LogP contribution is 2.53. The van der Waals surface area contributed by atoms with Gasteiger partial charge in [-0.1, -0.05) is 382 Å². The lowest BCUT2D eigenvalue weighted by atomic mass is 9.94. The van der Waals surface area contributed by atoms with E-state index in [9.17, 15) is 0 Å². The summed E-state index contributed by atoms with van der Waals surface area (Å²) in [6, 6.07) is 200. The molecule has 0 saturated heterocycles. The number of aromatic nitrogens is 4. The smallest absolute Gasteiger partial charge is 0.0562 e. The first-order valence-corrected chi connectivity index (χ1v) is 48.8. The van der Waals surface area contributed by atoms with Crippen molar-refractivity contribution in [2.75, 3.05) is 9.80 Å². The molecule has 28 rings (SSSR count). The summed E-state index contributed by atoms with van der Waals surface area (Å²) in [4.78, 5) is 4.95. The standard InChI is InChI=1S/2C68H45N3/c1-3-22-50(23-4-1)70-64-34-14-12-29-60(64)68-59(32-17-35-65(68)70)62-44-61-58-28-11-13-33-63(58)71(51-24-5-2-6-25-51)67(61)45-66(62)69(52-40-36-48(37-41-52)56-30-15-20-46-18-7-9-26-54(46)56)53-42-38-49(39-43-53)57-31-16-21-47-19-8-10-27-55(47)57;1-3-21-51(22-4-1)70-64-31-13-11-27-59(64)62-43-50(37-42-66(62)70)61-44-63-60-28-12-14-32-65(60)71(52-23-5-2-6-24-52)68(63)45-67(61)69(53-38-33-48(34-39-53)57-29-15-19-46-17-7-9-25-55(46)57)54-40-35-49(36-41-54)58-30-16-20-47-18-8-10-26-56(47)58/h2*1-45H. The Kier molecular flexibility index (Phi) is 20.2. The van der Waals surface area contributed by atoms with Gasteiger partial charge in [0.2, 0.25) is 0 Å². The molecule has 142 heavy (non-hydrogen) atoms. The first-order valence-electron chi connectivity index (χ1n) is 48.8. The minimum absolute atomic E-state index is 1.06. The fraction of sp³-hybridized carbons (Fsp3) is 0. The zero-order valence-electron chi connectivity index (χ0n) is 77.6. The van der Waals surface area contributed by atoms with Gasteiger partial charge in [0.15, 0.2) is 0 Å². The summed E-state index contributed by atoms with van der Waals surface area (Å²) in [5.74, 6) is 0. The monoisotopic (exact) mass is 1810 g/mol. The lowest BCUT2D eigenvalue weighted by Gasteiger charge is -2.29. The predicted molar refractivity (Wildman–Crippen MR) is 602 cm³/mol. The Morgan fingerprint density at radius 2 is 0.366 bits per heavy atom. The summed E-state index contributed by atoms with van der Waals surface area (Å²) < 4.78 is 9.68. The zero-order valence-corrected chi connectivity index (χ0v) is 77.6. The third kappa shape index (κ3) is 14.1. The van der Waals surface area contributed by atoms with Gasteiger partial charge < -0.3 is 28.1 Å². The molecule has 0 spiro atoms. The van der Waals surface area contributed by atoms with Gasteiger partial charge in [0, 0.05) is 99.7 Å². The molecule has 4 aromatic heterocycles. The molecule has 0 radical (unpaired) electrons. The molecule has 0 fully saturated rings. The molecule has 0 saturated carbocycles. The number of benzene rings is 24. The molecule has 0 unspecified atom stereocenters. The maximum absolute atomic E-state index is 2.48. The molecule has 4 heterocycles. The van der Waals surface area contributed by atoms with Crippen molar-refractivity contribution < 1.29 is 0 Å². The number of hydrogen-bond acceptors (Lipinski definition) is 2. The van der Waals surface area contributed by atoms with Gasteiger partial charge in [0.25, 0.3) is 0 Å². The van der Waals surface area contributed by atoms with Gasteiger partial charge in [-0.15, -0.1) is 0 Å². The van der Waals surface area contributed by atoms with E-state index in [4.69, 9.17) is 0 Å². The van der Waals surface area contributed by atoms with Crippen LogP contribution in [-0.2, 0) is 0 Å². The summed E-state index contributed by atoms with van der Waals surface area (Å²) in [5, 5.41) is 19.6. The Hall–Kier alpha value is -18.9. The van der Waals surface area contributed by atoms with E-state index in [2.05, 4.69) is 574 Å². The van der Waals surface area contributed by atoms with Gasteiger partial charge in [-0.05, 0) is 263 Å². The van der Waals surface area contributed by atoms with Crippen molar-refractivity contribution >= 4 is 164 Å². The van der Waals surface area contributed by atoms with E-state index in [1.807, 2.05) is 0 Å². The van der Waals surface area contributed by atoms with Gasteiger partial charge in [-0.3, -0.25) is 0 Å². The first kappa shape index (κ1) is 82.6. The van der Waals surface area contributed by atoms with Crippen LogP contribution in [0, 0.1) is 0 Å². The zero-order chi connectivity index (χ0) is 93.7. The third-order valence-electron chi connectivity index (χ3n) is 29.0. The molecule has 0 N–H and O–H groups in total. The van der Waals surface area contributed by atoms with E-state index in [1.54, 1.807) is 0 Å². The Morgan fingerprint density at radius 3 is 0.725 bits per heavy atom. The van der Waals surface area contributed by atoms with E-state index < -0.39 is 0 Å². The molecule has 0 aliphatic carbocycles. The van der Waals surface area contributed by atoms with Gasteiger partial charge in [-0.2, -0.15) is 0 Å². The second-order valence-corrected chi connectivity index (χ2v) is 36.9. The van der Waals surface area contributed by atoms with Gasteiger partial charge in [0.1, 0.15) is 0 Å². The van der Waals surface area contributed by atoms with Gasteiger partial charge in [-0.25, -0.2) is 0 Å². The highest BCUT2D eigenvalue weighted by atomic mass is 15.2. The lowest BCUT2D eigenvalue weighted by molar-refractivity contribution is 1.18. The first-order chi connectivity index (χ1) is 70.5. The van der Waals surface area contributed by atoms with Gasteiger partial charge >= 0.3 is 0 Å². The van der Waals surface area contributed by atoms with Crippen LogP contribution >= 0.6 is 0 Å². The second-order valence-electron chi connectivity index (χ2n) is 36.9. The van der Waals surface area contributed by atoms with Crippen LogP contribution in [0.2, 0.25) is 0 Å². The molecule has 0 aliphatic heterocycles. The summed E-state index contributed by atoms with van der Waals surface area (Å²) in [6.45, 7) is 0. The van der Waals surface area contributed by atoms with Crippen molar-refractivity contribution in [1.82, 2.24) is 18.3 Å². The molecule has 6 heteroatoms. The van der Waals surface area contributed by atoms with Crippen LogP contribution in [-0.4, -0.2) is 18.3 Å². The topological polar surface area (TPSA) is 26.2 Å². The lowest BCUT2D eigenvalue weighted by Crippen LogP contribution is -2.12. The molecular formula is C136H90N6. The minimum Gasteiger partial charge on any atom is -0.310 e.